The Kier molecular flexibility index (Phi) is 5.43. The Labute approximate surface area is 106 Å². The van der Waals surface area contributed by atoms with Crippen LogP contribution in [0.2, 0.25) is 0 Å². The Morgan fingerprint density at radius 1 is 1.29 bits per heavy atom. The van der Waals surface area contributed by atoms with Gasteiger partial charge in [0.15, 0.2) is 0 Å². The van der Waals surface area contributed by atoms with E-state index in [-0.39, 0.29) is 0 Å². The van der Waals surface area contributed by atoms with Gasteiger partial charge in [-0.25, -0.2) is 0 Å². The van der Waals surface area contributed by atoms with Crippen LogP contribution in [-0.2, 0) is 0 Å². The average Bonchev–Trinajstić information content (AvgIpc) is 2.29. The monoisotopic (exact) mass is 231 g/mol. The van der Waals surface area contributed by atoms with Gasteiger partial charge in [-0.2, -0.15) is 0 Å². The number of nitrogens with one attached hydrogen (secondary N) is 1. The Hall–Kier alpha value is -1.08. The van der Waals surface area contributed by atoms with Gasteiger partial charge in [-0.3, -0.25) is 0 Å². The van der Waals surface area contributed by atoms with Crippen LogP contribution in [0.15, 0.2) is 23.8 Å². The summed E-state index contributed by atoms with van der Waals surface area (Å²) in [6.45, 7) is 13.1. The first-order valence-electron chi connectivity index (χ1n) is 6.53. The maximum atomic E-state index is 3.42. The lowest BCUT2D eigenvalue weighted by atomic mass is 9.96. The Morgan fingerprint density at radius 3 is 2.59 bits per heavy atom. The molecule has 1 nitrogen and oxygen atoms in total. The van der Waals surface area contributed by atoms with Gasteiger partial charge in [0.2, 0.25) is 0 Å². The fourth-order valence-corrected chi connectivity index (χ4v) is 1.82. The molecule has 1 N–H and O–H groups in total. The minimum absolute atomic E-state index is 0.592. The van der Waals surface area contributed by atoms with Crippen LogP contribution in [0.1, 0.15) is 37.5 Å². The van der Waals surface area contributed by atoms with Crippen molar-refractivity contribution in [3.63, 3.8) is 0 Å². The lowest BCUT2D eigenvalue weighted by molar-refractivity contribution is 0.682. The van der Waals surface area contributed by atoms with Crippen molar-refractivity contribution in [1.82, 2.24) is 5.32 Å². The quantitative estimate of drug-likeness (QED) is 0.809. The van der Waals surface area contributed by atoms with Crippen molar-refractivity contribution in [2.24, 2.45) is 5.92 Å². The zero-order valence-corrected chi connectivity index (χ0v) is 11.8. The van der Waals surface area contributed by atoms with E-state index in [1.807, 2.05) is 0 Å². The van der Waals surface area contributed by atoms with E-state index >= 15 is 0 Å². The van der Waals surface area contributed by atoms with Crippen molar-refractivity contribution in [3.8, 4) is 0 Å². The second-order valence-electron chi connectivity index (χ2n) is 4.94. The third kappa shape index (κ3) is 4.01. The fraction of sp³-hybridized carbons (Fsp3) is 0.500. The number of hydrogen-bond donors (Lipinski definition) is 1. The van der Waals surface area contributed by atoms with Crippen molar-refractivity contribution < 1.29 is 0 Å². The molecule has 1 aromatic carbocycles. The van der Waals surface area contributed by atoms with Crippen LogP contribution in [0.5, 0.6) is 0 Å². The molecule has 17 heavy (non-hydrogen) atoms. The van der Waals surface area contributed by atoms with E-state index in [0.717, 1.165) is 13.1 Å². The largest absolute Gasteiger partial charge is 0.313 e. The predicted octanol–water partition coefficient (Wildman–Crippen LogP) is 3.95. The van der Waals surface area contributed by atoms with Crippen molar-refractivity contribution >= 4 is 6.08 Å². The highest BCUT2D eigenvalue weighted by Gasteiger charge is 2.04. The normalized spacial score (nSPS) is 12.2. The molecule has 0 spiro atoms. The van der Waals surface area contributed by atoms with Crippen LogP contribution < -0.4 is 5.32 Å². The molecule has 94 valence electrons. The van der Waals surface area contributed by atoms with E-state index in [4.69, 9.17) is 0 Å². The minimum atomic E-state index is 0.592. The summed E-state index contributed by atoms with van der Waals surface area (Å²) in [4.78, 5) is 0. The van der Waals surface area contributed by atoms with Gasteiger partial charge in [0.1, 0.15) is 0 Å². The third-order valence-electron chi connectivity index (χ3n) is 3.31. The molecule has 0 aromatic heterocycles. The molecular formula is C16H25N. The number of hydrogen-bond acceptors (Lipinski definition) is 1. The molecule has 0 radical (unpaired) electrons. The standard InChI is InChI=1S/C16H25N/c1-6-17-11-16(12(2)3)10-15-9-7-8-13(4)14(15)5/h7-10,12,17H,6,11H2,1-5H3. The topological polar surface area (TPSA) is 12.0 Å². The van der Waals surface area contributed by atoms with E-state index in [2.05, 4.69) is 64.2 Å². The van der Waals surface area contributed by atoms with Gasteiger partial charge in [0, 0.05) is 6.54 Å². The van der Waals surface area contributed by atoms with Gasteiger partial charge in [-0.1, -0.05) is 50.6 Å². The van der Waals surface area contributed by atoms with Gasteiger partial charge in [0.25, 0.3) is 0 Å². The molecule has 0 amide bonds. The smallest absolute Gasteiger partial charge is 0.0170 e. The molecule has 0 aliphatic heterocycles. The summed E-state index contributed by atoms with van der Waals surface area (Å²) in [6.07, 6.45) is 2.34. The van der Waals surface area contributed by atoms with Crippen molar-refractivity contribution in [3.05, 3.63) is 40.5 Å². The van der Waals surface area contributed by atoms with Crippen molar-refractivity contribution in [1.29, 1.82) is 0 Å². The Bertz CT molecular complexity index is 389. The van der Waals surface area contributed by atoms with Crippen molar-refractivity contribution in [2.75, 3.05) is 13.1 Å². The minimum Gasteiger partial charge on any atom is -0.313 e. The summed E-state index contributed by atoms with van der Waals surface area (Å²) in [5.74, 6) is 0.592. The molecule has 0 aliphatic carbocycles. The molecule has 0 saturated heterocycles. The summed E-state index contributed by atoms with van der Waals surface area (Å²) < 4.78 is 0. The van der Waals surface area contributed by atoms with E-state index in [1.54, 1.807) is 0 Å². The molecular weight excluding hydrogens is 206 g/mol. The van der Waals surface area contributed by atoms with Gasteiger partial charge < -0.3 is 5.32 Å². The molecule has 0 bridgehead atoms. The predicted molar refractivity (Wildman–Crippen MR) is 77.3 cm³/mol. The first-order valence-corrected chi connectivity index (χ1v) is 6.53. The van der Waals surface area contributed by atoms with E-state index in [0.29, 0.717) is 5.92 Å². The van der Waals surface area contributed by atoms with E-state index in [9.17, 15) is 0 Å². The lowest BCUT2D eigenvalue weighted by Gasteiger charge is -2.13. The highest BCUT2D eigenvalue weighted by Crippen LogP contribution is 2.19. The summed E-state index contributed by atoms with van der Waals surface area (Å²) in [5.41, 5.74) is 5.58. The summed E-state index contributed by atoms with van der Waals surface area (Å²) in [6, 6.07) is 6.52. The summed E-state index contributed by atoms with van der Waals surface area (Å²) in [5, 5.41) is 3.42. The molecule has 0 heterocycles. The van der Waals surface area contributed by atoms with Crippen LogP contribution in [0.4, 0.5) is 0 Å². The lowest BCUT2D eigenvalue weighted by Crippen LogP contribution is -2.18. The molecule has 0 atom stereocenters. The molecule has 0 fully saturated rings. The number of benzene rings is 1. The van der Waals surface area contributed by atoms with Crippen LogP contribution in [0.3, 0.4) is 0 Å². The Balaban J connectivity index is 3.00. The zero-order valence-electron chi connectivity index (χ0n) is 11.8. The first-order chi connectivity index (χ1) is 8.06. The number of aryl methyl sites for hydroxylation is 1. The molecule has 1 aromatic rings. The fourth-order valence-electron chi connectivity index (χ4n) is 1.82. The SMILES string of the molecule is CCNCC(=Cc1cccc(C)c1C)C(C)C. The van der Waals surface area contributed by atoms with Crippen LogP contribution in [-0.4, -0.2) is 13.1 Å². The second-order valence-corrected chi connectivity index (χ2v) is 4.94. The maximum absolute atomic E-state index is 3.42. The van der Waals surface area contributed by atoms with Gasteiger partial charge in [-0.05, 0) is 43.0 Å². The van der Waals surface area contributed by atoms with Crippen LogP contribution in [0.25, 0.3) is 6.08 Å². The molecule has 1 heteroatoms. The highest BCUT2D eigenvalue weighted by atomic mass is 14.8. The van der Waals surface area contributed by atoms with Gasteiger partial charge in [0.05, 0.1) is 0 Å². The first kappa shape index (κ1) is 14.0. The number of likely N-dealkylation sites (N-methyl/N-ethyl adjacent to an activating group) is 1. The Morgan fingerprint density at radius 2 is 2.00 bits per heavy atom. The van der Waals surface area contributed by atoms with Crippen molar-refractivity contribution in [2.45, 2.75) is 34.6 Å². The van der Waals surface area contributed by atoms with Crippen LogP contribution in [0, 0.1) is 19.8 Å². The summed E-state index contributed by atoms with van der Waals surface area (Å²) >= 11 is 0. The molecule has 0 saturated carbocycles. The van der Waals surface area contributed by atoms with Gasteiger partial charge >= 0.3 is 0 Å². The number of rotatable bonds is 5. The maximum Gasteiger partial charge on any atom is 0.0170 e. The highest BCUT2D eigenvalue weighted by molar-refractivity contribution is 5.58. The van der Waals surface area contributed by atoms with Crippen LogP contribution >= 0.6 is 0 Å². The third-order valence-corrected chi connectivity index (χ3v) is 3.31. The summed E-state index contributed by atoms with van der Waals surface area (Å²) in [7, 11) is 0. The second kappa shape index (κ2) is 6.61. The molecule has 1 rings (SSSR count). The van der Waals surface area contributed by atoms with E-state index in [1.165, 1.54) is 22.3 Å². The molecule has 0 unspecified atom stereocenters. The van der Waals surface area contributed by atoms with E-state index < -0.39 is 0 Å². The zero-order chi connectivity index (χ0) is 12.8. The average molecular weight is 231 g/mol. The van der Waals surface area contributed by atoms with Gasteiger partial charge in [-0.15, -0.1) is 0 Å². The molecule has 0 aliphatic rings.